The highest BCUT2D eigenvalue weighted by Gasteiger charge is 2.17. The number of hydrogen-bond acceptors (Lipinski definition) is 3. The van der Waals surface area contributed by atoms with Gasteiger partial charge in [0.25, 0.3) is 0 Å². The van der Waals surface area contributed by atoms with Gasteiger partial charge in [-0.2, -0.15) is 0 Å². The molecule has 3 aromatic carbocycles. The minimum atomic E-state index is -0.254. The maximum absolute atomic E-state index is 9.55. The van der Waals surface area contributed by atoms with Crippen LogP contribution in [0.2, 0.25) is 0 Å². The van der Waals surface area contributed by atoms with Gasteiger partial charge >= 0.3 is 0 Å². The summed E-state index contributed by atoms with van der Waals surface area (Å²) in [4.78, 5) is 0. The molecular weight excluding hydrogens is 444 g/mol. The lowest BCUT2D eigenvalue weighted by Crippen LogP contribution is -2.26. The molecule has 0 radical (unpaired) electrons. The second kappa shape index (κ2) is 12.9. The SMILES string of the molecule is Cc1ccc(C=CC(C=Cc2ccc(O)cc2)=Cc2ccc(OC(C)OC3CCCCC3)cc2)cc1. The lowest BCUT2D eigenvalue weighted by atomic mass is 9.98. The Morgan fingerprint density at radius 3 is 1.94 bits per heavy atom. The molecule has 0 saturated heterocycles. The number of aryl methyl sites for hydroxylation is 1. The van der Waals surface area contributed by atoms with E-state index in [-0.39, 0.29) is 12.0 Å². The Morgan fingerprint density at radius 1 is 0.778 bits per heavy atom. The Labute approximate surface area is 215 Å². The number of phenols is 1. The number of aromatic hydroxyl groups is 1. The van der Waals surface area contributed by atoms with Gasteiger partial charge in [-0.3, -0.25) is 0 Å². The molecule has 0 aliphatic heterocycles. The lowest BCUT2D eigenvalue weighted by molar-refractivity contribution is -0.116. The molecule has 3 nitrogen and oxygen atoms in total. The van der Waals surface area contributed by atoms with Crippen LogP contribution < -0.4 is 4.74 Å². The highest BCUT2D eigenvalue weighted by molar-refractivity contribution is 5.68. The molecule has 1 aliphatic carbocycles. The number of phenolic OH excluding ortho intramolecular Hbond substituents is 1. The molecule has 0 amide bonds. The van der Waals surface area contributed by atoms with E-state index < -0.39 is 0 Å². The van der Waals surface area contributed by atoms with Crippen molar-refractivity contribution in [2.75, 3.05) is 0 Å². The van der Waals surface area contributed by atoms with Crippen molar-refractivity contribution >= 4 is 18.2 Å². The van der Waals surface area contributed by atoms with Gasteiger partial charge < -0.3 is 14.6 Å². The van der Waals surface area contributed by atoms with Crippen molar-refractivity contribution in [1.29, 1.82) is 0 Å². The zero-order valence-electron chi connectivity index (χ0n) is 21.3. The molecule has 0 aromatic heterocycles. The van der Waals surface area contributed by atoms with Gasteiger partial charge in [0.05, 0.1) is 6.10 Å². The van der Waals surface area contributed by atoms with Gasteiger partial charge in [-0.25, -0.2) is 0 Å². The summed E-state index contributed by atoms with van der Waals surface area (Å²) in [6.07, 6.45) is 16.7. The van der Waals surface area contributed by atoms with Gasteiger partial charge in [0.15, 0.2) is 6.29 Å². The van der Waals surface area contributed by atoms with E-state index in [0.29, 0.717) is 6.10 Å². The van der Waals surface area contributed by atoms with Crippen LogP contribution in [0.5, 0.6) is 11.5 Å². The molecule has 4 rings (SSSR count). The summed E-state index contributed by atoms with van der Waals surface area (Å²) in [5, 5.41) is 9.55. The number of ether oxygens (including phenoxy) is 2. The summed E-state index contributed by atoms with van der Waals surface area (Å²) in [6, 6.07) is 23.8. The van der Waals surface area contributed by atoms with Gasteiger partial charge in [0.2, 0.25) is 0 Å². The van der Waals surface area contributed by atoms with Crippen molar-refractivity contribution in [2.24, 2.45) is 0 Å². The summed E-state index contributed by atoms with van der Waals surface area (Å²) in [5.41, 5.74) is 5.57. The Hall–Kier alpha value is -3.56. The third-order valence-corrected chi connectivity index (χ3v) is 6.36. The van der Waals surface area contributed by atoms with Crippen LogP contribution in [0.3, 0.4) is 0 Å². The summed E-state index contributed by atoms with van der Waals surface area (Å²) in [7, 11) is 0. The molecule has 1 atom stereocenters. The molecule has 1 fully saturated rings. The Morgan fingerprint density at radius 2 is 1.33 bits per heavy atom. The van der Waals surface area contributed by atoms with Crippen molar-refractivity contribution < 1.29 is 14.6 Å². The third-order valence-electron chi connectivity index (χ3n) is 6.36. The van der Waals surface area contributed by atoms with E-state index in [4.69, 9.17) is 9.47 Å². The van der Waals surface area contributed by atoms with Crippen LogP contribution in [-0.4, -0.2) is 17.5 Å². The average molecular weight is 481 g/mol. The minimum Gasteiger partial charge on any atom is -0.508 e. The zero-order valence-corrected chi connectivity index (χ0v) is 21.3. The number of allylic oxidation sites excluding steroid dienone is 3. The second-order valence-corrected chi connectivity index (χ2v) is 9.46. The molecule has 36 heavy (non-hydrogen) atoms. The fraction of sp³-hybridized carbons (Fsp3) is 0.273. The average Bonchev–Trinajstić information content (AvgIpc) is 2.89. The van der Waals surface area contributed by atoms with Crippen molar-refractivity contribution in [3.05, 3.63) is 113 Å². The molecule has 1 N–H and O–H groups in total. The van der Waals surface area contributed by atoms with Crippen LogP contribution in [0.4, 0.5) is 0 Å². The molecule has 3 aromatic rings. The van der Waals surface area contributed by atoms with Crippen molar-refractivity contribution in [3.63, 3.8) is 0 Å². The number of rotatable bonds is 9. The third kappa shape index (κ3) is 8.28. The molecule has 1 unspecified atom stereocenters. The molecule has 0 spiro atoms. The van der Waals surface area contributed by atoms with Crippen LogP contribution >= 0.6 is 0 Å². The molecule has 0 heterocycles. The minimum absolute atomic E-state index is 0.254. The Balaban J connectivity index is 1.47. The molecule has 3 heteroatoms. The number of benzene rings is 3. The van der Waals surface area contributed by atoms with E-state index in [1.54, 1.807) is 12.1 Å². The smallest absolute Gasteiger partial charge is 0.197 e. The van der Waals surface area contributed by atoms with E-state index in [1.807, 2.05) is 37.3 Å². The van der Waals surface area contributed by atoms with E-state index in [2.05, 4.69) is 67.6 Å². The molecular formula is C33H36O3. The Bertz CT molecular complexity index is 1110. The van der Waals surface area contributed by atoms with Gasteiger partial charge in [-0.05, 0) is 79.3 Å². The van der Waals surface area contributed by atoms with Gasteiger partial charge in [-0.1, -0.05) is 97.7 Å². The first-order chi connectivity index (χ1) is 17.5. The molecule has 1 aliphatic rings. The number of hydrogen-bond donors (Lipinski definition) is 1. The van der Waals surface area contributed by atoms with E-state index in [9.17, 15) is 5.11 Å². The predicted octanol–water partition coefficient (Wildman–Crippen LogP) is 8.58. The topological polar surface area (TPSA) is 38.7 Å². The van der Waals surface area contributed by atoms with Crippen molar-refractivity contribution in [3.8, 4) is 11.5 Å². The predicted molar refractivity (Wildman–Crippen MR) is 150 cm³/mol. The van der Waals surface area contributed by atoms with E-state index in [1.165, 1.54) is 24.8 Å². The summed E-state index contributed by atoms with van der Waals surface area (Å²) >= 11 is 0. The van der Waals surface area contributed by atoms with Gasteiger partial charge in [0.1, 0.15) is 11.5 Å². The summed E-state index contributed by atoms with van der Waals surface area (Å²) in [6.45, 7) is 4.07. The van der Waals surface area contributed by atoms with Crippen LogP contribution in [0.1, 0.15) is 61.3 Å². The zero-order chi connectivity index (χ0) is 25.2. The summed E-state index contributed by atoms with van der Waals surface area (Å²) < 4.78 is 12.1. The van der Waals surface area contributed by atoms with Crippen molar-refractivity contribution in [1.82, 2.24) is 0 Å². The molecule has 186 valence electrons. The van der Waals surface area contributed by atoms with Gasteiger partial charge in [-0.15, -0.1) is 0 Å². The fourth-order valence-corrected chi connectivity index (χ4v) is 4.33. The van der Waals surface area contributed by atoms with Gasteiger partial charge in [0, 0.05) is 0 Å². The highest BCUT2D eigenvalue weighted by Crippen LogP contribution is 2.23. The lowest BCUT2D eigenvalue weighted by Gasteiger charge is -2.26. The van der Waals surface area contributed by atoms with E-state index >= 15 is 0 Å². The van der Waals surface area contributed by atoms with E-state index in [0.717, 1.165) is 40.9 Å². The standard InChI is InChI=1S/C33H36O3/c1-25-8-10-27(11-9-25)12-14-29(15-13-28-16-20-31(34)21-17-28)24-30-18-22-33(23-19-30)36-26(2)35-32-6-4-3-5-7-32/h8-24,26,32,34H,3-7H2,1-2H3. The monoisotopic (exact) mass is 480 g/mol. The fourth-order valence-electron chi connectivity index (χ4n) is 4.33. The first-order valence-electron chi connectivity index (χ1n) is 12.9. The first-order valence-corrected chi connectivity index (χ1v) is 12.9. The van der Waals surface area contributed by atoms with Crippen LogP contribution in [0.15, 0.2) is 90.5 Å². The first kappa shape index (κ1) is 25.5. The second-order valence-electron chi connectivity index (χ2n) is 9.46. The van der Waals surface area contributed by atoms with Crippen LogP contribution in [0, 0.1) is 6.92 Å². The van der Waals surface area contributed by atoms with Crippen LogP contribution in [0.25, 0.3) is 18.2 Å². The quantitative estimate of drug-likeness (QED) is 0.246. The molecule has 1 saturated carbocycles. The largest absolute Gasteiger partial charge is 0.508 e. The maximum atomic E-state index is 9.55. The van der Waals surface area contributed by atoms with Crippen molar-refractivity contribution in [2.45, 2.75) is 58.3 Å². The maximum Gasteiger partial charge on any atom is 0.197 e. The summed E-state index contributed by atoms with van der Waals surface area (Å²) in [5.74, 6) is 1.08. The van der Waals surface area contributed by atoms with Crippen LogP contribution in [-0.2, 0) is 4.74 Å². The molecule has 0 bridgehead atoms. The normalized spacial score (nSPS) is 16.0. The Kier molecular flexibility index (Phi) is 9.18. The highest BCUT2D eigenvalue weighted by atomic mass is 16.7.